The number of anilines is 2. The summed E-state index contributed by atoms with van der Waals surface area (Å²) < 4.78 is 37.9. The minimum absolute atomic E-state index is 0.0533. The van der Waals surface area contributed by atoms with E-state index in [2.05, 4.69) is 15.3 Å². The molecule has 10 heteroatoms. The van der Waals surface area contributed by atoms with Crippen molar-refractivity contribution in [2.24, 2.45) is 5.92 Å². The van der Waals surface area contributed by atoms with Crippen LogP contribution in [0.25, 0.3) is 0 Å². The number of alkyl halides is 3. The smallest absolute Gasteiger partial charge is 0.390 e. The molecule has 0 radical (unpaired) electrons. The molecule has 7 nitrogen and oxygen atoms in total. The normalized spacial score (nSPS) is 15.0. The number of aromatic nitrogens is 2. The summed E-state index contributed by atoms with van der Waals surface area (Å²) in [6, 6.07) is 5.92. The van der Waals surface area contributed by atoms with Crippen molar-refractivity contribution in [3.8, 4) is 0 Å². The van der Waals surface area contributed by atoms with Crippen LogP contribution in [0.1, 0.15) is 35.6 Å². The van der Waals surface area contributed by atoms with Crippen LogP contribution >= 0.6 is 0 Å². The fourth-order valence-electron chi connectivity index (χ4n) is 3.26. The molecular weight excluding hydrogens is 399 g/mol. The summed E-state index contributed by atoms with van der Waals surface area (Å²) in [6.45, 7) is -0.624. The van der Waals surface area contributed by atoms with E-state index in [4.69, 9.17) is 5.41 Å². The summed E-state index contributed by atoms with van der Waals surface area (Å²) in [5.74, 6) is 0.684. The Morgan fingerprint density at radius 1 is 1.33 bits per heavy atom. The summed E-state index contributed by atoms with van der Waals surface area (Å²) in [5.41, 5.74) is 0.0745. The van der Waals surface area contributed by atoms with E-state index in [0.717, 1.165) is 18.4 Å². The van der Waals surface area contributed by atoms with Gasteiger partial charge < -0.3 is 20.7 Å². The molecule has 3 rings (SSSR count). The van der Waals surface area contributed by atoms with Gasteiger partial charge in [-0.15, -0.1) is 0 Å². The molecule has 0 spiro atoms. The van der Waals surface area contributed by atoms with Gasteiger partial charge in [0.1, 0.15) is 11.4 Å². The Balaban J connectivity index is 1.95. The van der Waals surface area contributed by atoms with Gasteiger partial charge in [0.25, 0.3) is 5.56 Å². The molecule has 4 N–H and O–H groups in total. The van der Waals surface area contributed by atoms with E-state index in [1.54, 1.807) is 31.1 Å². The second-order valence-corrected chi connectivity index (χ2v) is 7.64. The van der Waals surface area contributed by atoms with Crippen molar-refractivity contribution in [3.05, 3.63) is 51.3 Å². The molecule has 1 aromatic carbocycles. The van der Waals surface area contributed by atoms with Gasteiger partial charge >= 0.3 is 6.18 Å². The Labute approximate surface area is 171 Å². The third kappa shape index (κ3) is 5.18. The Bertz CT molecular complexity index is 966. The van der Waals surface area contributed by atoms with Crippen LogP contribution in [-0.2, 0) is 6.42 Å². The van der Waals surface area contributed by atoms with Crippen molar-refractivity contribution in [2.45, 2.75) is 31.5 Å². The number of H-pyrrole nitrogens is 1. The monoisotopic (exact) mass is 423 g/mol. The van der Waals surface area contributed by atoms with Gasteiger partial charge in [-0.3, -0.25) is 9.78 Å². The predicted molar refractivity (Wildman–Crippen MR) is 108 cm³/mol. The van der Waals surface area contributed by atoms with Crippen LogP contribution in [0.4, 0.5) is 24.9 Å². The van der Waals surface area contributed by atoms with Crippen LogP contribution in [0.3, 0.4) is 0 Å². The van der Waals surface area contributed by atoms with Gasteiger partial charge in [-0.25, -0.2) is 0 Å². The first-order valence-corrected chi connectivity index (χ1v) is 9.51. The van der Waals surface area contributed by atoms with Crippen LogP contribution in [0, 0.1) is 11.3 Å². The Morgan fingerprint density at radius 2 is 1.97 bits per heavy atom. The van der Waals surface area contributed by atoms with Crippen LogP contribution in [-0.4, -0.2) is 47.7 Å². The van der Waals surface area contributed by atoms with Crippen LogP contribution < -0.4 is 15.8 Å². The van der Waals surface area contributed by atoms with E-state index in [0.29, 0.717) is 0 Å². The number of hydrogen-bond acceptors (Lipinski definition) is 6. The zero-order valence-electron chi connectivity index (χ0n) is 16.7. The highest BCUT2D eigenvalue weighted by molar-refractivity contribution is 6.02. The van der Waals surface area contributed by atoms with Crippen LogP contribution in [0.2, 0.25) is 0 Å². The van der Waals surface area contributed by atoms with Crippen molar-refractivity contribution in [2.75, 3.05) is 30.9 Å². The number of halogens is 3. The van der Waals surface area contributed by atoms with E-state index in [1.165, 1.54) is 12.1 Å². The molecule has 1 fully saturated rings. The molecule has 1 aromatic heterocycles. The lowest BCUT2D eigenvalue weighted by Gasteiger charge is -2.23. The van der Waals surface area contributed by atoms with Crippen molar-refractivity contribution < 1.29 is 18.3 Å². The fraction of sp³-hybridized carbons (Fsp3) is 0.450. The number of rotatable bonds is 8. The molecule has 1 unspecified atom stereocenters. The molecule has 1 atom stereocenters. The highest BCUT2D eigenvalue weighted by Crippen LogP contribution is 2.43. The molecule has 0 aliphatic heterocycles. The minimum atomic E-state index is -4.27. The Hall–Kier alpha value is -2.88. The van der Waals surface area contributed by atoms with E-state index >= 15 is 0 Å². The number of nitrogens with one attached hydrogen (secondary N) is 3. The number of benzene rings is 1. The van der Waals surface area contributed by atoms with Gasteiger partial charge in [0.2, 0.25) is 5.95 Å². The Kier molecular flexibility index (Phi) is 6.16. The summed E-state index contributed by atoms with van der Waals surface area (Å²) in [6.07, 6.45) is -3.40. The van der Waals surface area contributed by atoms with Crippen LogP contribution in [0.15, 0.2) is 29.1 Å². The van der Waals surface area contributed by atoms with Gasteiger partial charge in [-0.2, -0.15) is 18.2 Å². The van der Waals surface area contributed by atoms with E-state index in [1.807, 2.05) is 0 Å². The predicted octanol–water partition coefficient (Wildman–Crippen LogP) is 2.86. The average Bonchev–Trinajstić information content (AvgIpc) is 3.49. The minimum Gasteiger partial charge on any atom is -0.390 e. The summed E-state index contributed by atoms with van der Waals surface area (Å²) in [7, 11) is 3.41. The lowest BCUT2D eigenvalue weighted by Crippen LogP contribution is -2.28. The van der Waals surface area contributed by atoms with Gasteiger partial charge in [-0.05, 0) is 29.9 Å². The van der Waals surface area contributed by atoms with Gasteiger partial charge in [-0.1, -0.05) is 24.3 Å². The van der Waals surface area contributed by atoms with Gasteiger partial charge in [0, 0.05) is 14.1 Å². The van der Waals surface area contributed by atoms with E-state index < -0.39 is 24.8 Å². The molecule has 2 aromatic rings. The highest BCUT2D eigenvalue weighted by atomic mass is 19.4. The molecule has 1 heterocycles. The fourth-order valence-corrected chi connectivity index (χ4v) is 3.26. The first-order chi connectivity index (χ1) is 14.1. The molecule has 0 saturated heterocycles. The second kappa shape index (κ2) is 8.47. The standard InChI is InChI=1S/C20H24F3N5O2/c1-28(2)19-26-17(15(14(24)10-29)18(30)27-19)25-16(13-7-8-13)12-5-3-11(4-6-12)9-20(21,22)23/h3-6,13,16,24,29H,7-10H2,1-2H3,(H2,25,26,27,30). The molecule has 162 valence electrons. The quantitative estimate of drug-likeness (QED) is 0.489. The number of hydrogen-bond donors (Lipinski definition) is 4. The van der Waals surface area contributed by atoms with E-state index in [-0.39, 0.29) is 40.6 Å². The Morgan fingerprint density at radius 3 is 2.47 bits per heavy atom. The molecule has 30 heavy (non-hydrogen) atoms. The average molecular weight is 423 g/mol. The maximum absolute atomic E-state index is 12.6. The molecule has 0 amide bonds. The SMILES string of the molecule is CN(C)c1nc(NC(c2ccc(CC(F)(F)F)cc2)C2CC2)c(C(=N)CO)c(=O)[nH]1. The number of aliphatic hydroxyl groups excluding tert-OH is 1. The lowest BCUT2D eigenvalue weighted by atomic mass is 9.99. The van der Waals surface area contributed by atoms with Gasteiger partial charge in [0.15, 0.2) is 0 Å². The third-order valence-corrected chi connectivity index (χ3v) is 4.92. The molecular formula is C20H24F3N5O2. The number of aromatic amines is 1. The second-order valence-electron chi connectivity index (χ2n) is 7.64. The molecule has 1 aliphatic carbocycles. The molecule has 1 saturated carbocycles. The number of nitrogens with zero attached hydrogens (tertiary/aromatic N) is 2. The zero-order chi connectivity index (χ0) is 22.1. The maximum atomic E-state index is 12.6. The van der Waals surface area contributed by atoms with Gasteiger partial charge in [0.05, 0.1) is 24.8 Å². The summed E-state index contributed by atoms with van der Waals surface area (Å²) in [4.78, 5) is 21.1. The molecule has 0 bridgehead atoms. The van der Waals surface area contributed by atoms with Crippen molar-refractivity contribution in [3.63, 3.8) is 0 Å². The first-order valence-electron chi connectivity index (χ1n) is 9.51. The third-order valence-electron chi connectivity index (χ3n) is 4.92. The summed E-state index contributed by atoms with van der Waals surface area (Å²) in [5, 5.41) is 20.5. The highest BCUT2D eigenvalue weighted by Gasteiger charge is 2.34. The lowest BCUT2D eigenvalue weighted by molar-refractivity contribution is -0.127. The largest absolute Gasteiger partial charge is 0.393 e. The maximum Gasteiger partial charge on any atom is 0.393 e. The van der Waals surface area contributed by atoms with Crippen LogP contribution in [0.5, 0.6) is 0 Å². The van der Waals surface area contributed by atoms with Crippen molar-refractivity contribution in [1.82, 2.24) is 9.97 Å². The first kappa shape index (κ1) is 21.8. The van der Waals surface area contributed by atoms with Crippen molar-refractivity contribution >= 4 is 17.5 Å². The van der Waals surface area contributed by atoms with E-state index in [9.17, 15) is 23.1 Å². The zero-order valence-corrected chi connectivity index (χ0v) is 16.7. The van der Waals surface area contributed by atoms with Crippen molar-refractivity contribution in [1.29, 1.82) is 5.41 Å². The summed E-state index contributed by atoms with van der Waals surface area (Å²) >= 11 is 0. The topological polar surface area (TPSA) is 105 Å². The molecule has 1 aliphatic rings. The number of aliphatic hydroxyl groups is 1.